The van der Waals surface area contributed by atoms with Gasteiger partial charge in [-0.15, -0.1) is 11.8 Å². The molecule has 1 aliphatic heterocycles. The molecule has 0 unspecified atom stereocenters. The van der Waals surface area contributed by atoms with Gasteiger partial charge in [0.05, 0.1) is 10.2 Å². The van der Waals surface area contributed by atoms with Crippen molar-refractivity contribution in [2.75, 3.05) is 36.8 Å². The highest BCUT2D eigenvalue weighted by Crippen LogP contribution is 2.30. The predicted molar refractivity (Wildman–Crippen MR) is 115 cm³/mol. The number of halogens is 1. The fraction of sp³-hybridized carbons (Fsp3) is 0.333. The van der Waals surface area contributed by atoms with Gasteiger partial charge in [-0.3, -0.25) is 4.79 Å². The number of hydrogen-bond acceptors (Lipinski definition) is 5. The first-order valence-corrected chi connectivity index (χ1v) is 11.2. The molecule has 0 radical (unpaired) electrons. The fourth-order valence-corrected chi connectivity index (χ4v) is 5.20. The largest absolute Gasteiger partial charge is 0.345 e. The summed E-state index contributed by atoms with van der Waals surface area (Å²) in [4.78, 5) is 22.4. The van der Waals surface area contributed by atoms with Crippen LogP contribution in [0.2, 0.25) is 0 Å². The molecule has 0 N–H and O–H groups in total. The Morgan fingerprint density at radius 2 is 1.89 bits per heavy atom. The molecule has 1 fully saturated rings. The van der Waals surface area contributed by atoms with Crippen LogP contribution in [0.4, 0.5) is 9.52 Å². The van der Waals surface area contributed by atoms with E-state index in [9.17, 15) is 9.18 Å². The Morgan fingerprint density at radius 1 is 1.14 bits per heavy atom. The van der Waals surface area contributed by atoms with E-state index >= 15 is 0 Å². The molecule has 146 valence electrons. The minimum atomic E-state index is -0.235. The molecular weight excluding hydrogens is 393 g/mol. The van der Waals surface area contributed by atoms with Crippen LogP contribution < -0.4 is 4.90 Å². The molecule has 1 aliphatic rings. The normalized spacial score (nSPS) is 14.6. The summed E-state index contributed by atoms with van der Waals surface area (Å²) in [6, 6.07) is 12.7. The molecule has 0 aliphatic carbocycles. The first-order valence-electron chi connectivity index (χ1n) is 9.37. The lowest BCUT2D eigenvalue weighted by Gasteiger charge is -2.34. The Kier molecular flexibility index (Phi) is 5.82. The molecule has 0 spiro atoms. The zero-order valence-corrected chi connectivity index (χ0v) is 17.4. The molecule has 3 aromatic rings. The molecule has 1 saturated heterocycles. The minimum absolute atomic E-state index is 0.189. The van der Waals surface area contributed by atoms with E-state index in [2.05, 4.69) is 30.0 Å². The van der Waals surface area contributed by atoms with E-state index in [1.807, 2.05) is 4.90 Å². The van der Waals surface area contributed by atoms with Crippen LogP contribution >= 0.6 is 23.1 Å². The van der Waals surface area contributed by atoms with Gasteiger partial charge < -0.3 is 9.80 Å². The molecular formula is C21H22FN3OS2. The summed E-state index contributed by atoms with van der Waals surface area (Å²) in [5.74, 6) is 0.665. The van der Waals surface area contributed by atoms with Gasteiger partial charge in [-0.05, 0) is 48.9 Å². The summed E-state index contributed by atoms with van der Waals surface area (Å²) in [5, 5.41) is 1.04. The van der Waals surface area contributed by atoms with E-state index in [1.165, 1.54) is 22.4 Å². The molecule has 2 heterocycles. The summed E-state index contributed by atoms with van der Waals surface area (Å²) < 4.78 is 14.1. The van der Waals surface area contributed by atoms with Crippen LogP contribution in [0.5, 0.6) is 0 Å². The lowest BCUT2D eigenvalue weighted by atomic mass is 10.2. The van der Waals surface area contributed by atoms with Crippen molar-refractivity contribution in [3.8, 4) is 0 Å². The molecule has 4 rings (SSSR count). The molecule has 0 atom stereocenters. The van der Waals surface area contributed by atoms with Crippen molar-refractivity contribution in [3.63, 3.8) is 0 Å². The van der Waals surface area contributed by atoms with Crippen LogP contribution in [0.3, 0.4) is 0 Å². The lowest BCUT2D eigenvalue weighted by Crippen LogP contribution is -2.48. The van der Waals surface area contributed by atoms with E-state index in [1.54, 1.807) is 35.2 Å². The van der Waals surface area contributed by atoms with Crippen LogP contribution in [-0.2, 0) is 4.79 Å². The summed E-state index contributed by atoms with van der Waals surface area (Å²) in [6.45, 7) is 5.19. The number of hydrogen-bond donors (Lipinski definition) is 0. The number of aryl methyl sites for hydroxylation is 1. The number of nitrogens with zero attached hydrogens (tertiary/aromatic N) is 3. The zero-order chi connectivity index (χ0) is 19.5. The van der Waals surface area contributed by atoms with Gasteiger partial charge in [0.1, 0.15) is 5.82 Å². The Morgan fingerprint density at radius 3 is 2.64 bits per heavy atom. The molecule has 7 heteroatoms. The van der Waals surface area contributed by atoms with Crippen molar-refractivity contribution in [1.82, 2.24) is 9.88 Å². The van der Waals surface area contributed by atoms with Gasteiger partial charge in [0.15, 0.2) is 5.13 Å². The average Bonchev–Trinajstić information content (AvgIpc) is 3.12. The number of fused-ring (bicyclic) bond motifs is 1. The monoisotopic (exact) mass is 415 g/mol. The zero-order valence-electron chi connectivity index (χ0n) is 15.7. The van der Waals surface area contributed by atoms with Crippen molar-refractivity contribution in [3.05, 3.63) is 53.8 Å². The van der Waals surface area contributed by atoms with Crippen molar-refractivity contribution < 1.29 is 9.18 Å². The maximum absolute atomic E-state index is 12.9. The second kappa shape index (κ2) is 8.49. The van der Waals surface area contributed by atoms with Crippen LogP contribution in [0.25, 0.3) is 10.2 Å². The smallest absolute Gasteiger partial charge is 0.223 e. The van der Waals surface area contributed by atoms with E-state index < -0.39 is 0 Å². The van der Waals surface area contributed by atoms with Gasteiger partial charge in [0, 0.05) is 43.2 Å². The van der Waals surface area contributed by atoms with E-state index in [4.69, 9.17) is 4.98 Å². The summed E-state index contributed by atoms with van der Waals surface area (Å²) >= 11 is 3.31. The number of anilines is 1. The molecule has 1 amide bonds. The van der Waals surface area contributed by atoms with E-state index in [0.29, 0.717) is 12.2 Å². The number of piperazine rings is 1. The standard InChI is InChI=1S/C21H22FN3OS2/c1-15-2-7-18-19(14-15)28-21(23-18)25-11-9-24(10-12-25)20(26)8-13-27-17-5-3-16(22)4-6-17/h2-7,14H,8-13H2,1H3. The van der Waals surface area contributed by atoms with Gasteiger partial charge in [-0.25, -0.2) is 9.37 Å². The lowest BCUT2D eigenvalue weighted by molar-refractivity contribution is -0.131. The fourth-order valence-electron chi connectivity index (χ4n) is 3.25. The molecule has 0 saturated carbocycles. The van der Waals surface area contributed by atoms with E-state index in [0.717, 1.165) is 41.7 Å². The van der Waals surface area contributed by atoms with Gasteiger partial charge in [0.25, 0.3) is 0 Å². The van der Waals surface area contributed by atoms with Crippen LogP contribution in [0.15, 0.2) is 47.4 Å². The number of thioether (sulfide) groups is 1. The number of carbonyl (C=O) groups is 1. The maximum atomic E-state index is 12.9. The van der Waals surface area contributed by atoms with Gasteiger partial charge in [-0.1, -0.05) is 17.4 Å². The minimum Gasteiger partial charge on any atom is -0.345 e. The summed E-state index contributed by atoms with van der Waals surface area (Å²) in [5.41, 5.74) is 2.29. The van der Waals surface area contributed by atoms with Gasteiger partial charge in [0.2, 0.25) is 5.91 Å². The van der Waals surface area contributed by atoms with Gasteiger partial charge >= 0.3 is 0 Å². The summed E-state index contributed by atoms with van der Waals surface area (Å²) in [6.07, 6.45) is 0.502. The first kappa shape index (κ1) is 19.2. The Labute approximate surface area is 172 Å². The Hall–Kier alpha value is -2.12. The Bertz CT molecular complexity index is 965. The summed E-state index contributed by atoms with van der Waals surface area (Å²) in [7, 11) is 0. The maximum Gasteiger partial charge on any atom is 0.223 e. The van der Waals surface area contributed by atoms with Crippen LogP contribution in [-0.4, -0.2) is 47.7 Å². The van der Waals surface area contributed by atoms with Crippen LogP contribution in [0, 0.1) is 12.7 Å². The highest BCUT2D eigenvalue weighted by Gasteiger charge is 2.22. The van der Waals surface area contributed by atoms with Crippen molar-refractivity contribution in [2.24, 2.45) is 0 Å². The highest BCUT2D eigenvalue weighted by molar-refractivity contribution is 7.99. The quantitative estimate of drug-likeness (QED) is 0.572. The molecule has 0 bridgehead atoms. The van der Waals surface area contributed by atoms with Crippen molar-refractivity contribution >= 4 is 44.4 Å². The number of benzene rings is 2. The topological polar surface area (TPSA) is 36.4 Å². The Balaban J connectivity index is 1.27. The van der Waals surface area contributed by atoms with Crippen LogP contribution in [0.1, 0.15) is 12.0 Å². The SMILES string of the molecule is Cc1ccc2nc(N3CCN(C(=O)CCSc4ccc(F)cc4)CC3)sc2c1. The first-order chi connectivity index (χ1) is 13.6. The third-order valence-corrected chi connectivity index (χ3v) is 6.93. The van der Waals surface area contributed by atoms with E-state index in [-0.39, 0.29) is 11.7 Å². The third-order valence-electron chi connectivity index (χ3n) is 4.83. The highest BCUT2D eigenvalue weighted by atomic mass is 32.2. The van der Waals surface area contributed by atoms with Crippen molar-refractivity contribution in [1.29, 1.82) is 0 Å². The number of aromatic nitrogens is 1. The molecule has 2 aromatic carbocycles. The second-order valence-corrected chi connectivity index (χ2v) is 9.07. The number of rotatable bonds is 5. The van der Waals surface area contributed by atoms with Gasteiger partial charge in [-0.2, -0.15) is 0 Å². The molecule has 4 nitrogen and oxygen atoms in total. The van der Waals surface area contributed by atoms with Crippen molar-refractivity contribution in [2.45, 2.75) is 18.2 Å². The average molecular weight is 416 g/mol. The number of amides is 1. The second-order valence-electron chi connectivity index (χ2n) is 6.89. The third kappa shape index (κ3) is 4.47. The predicted octanol–water partition coefficient (Wildman–Crippen LogP) is 4.57. The molecule has 1 aromatic heterocycles. The number of carbonyl (C=O) groups excluding carboxylic acids is 1. The number of thiazole rings is 1. The molecule has 28 heavy (non-hydrogen) atoms.